The summed E-state index contributed by atoms with van der Waals surface area (Å²) in [5.74, 6) is 7.50. The van der Waals surface area contributed by atoms with Crippen molar-refractivity contribution in [3.63, 3.8) is 0 Å². The predicted molar refractivity (Wildman–Crippen MR) is 62.1 cm³/mol. The van der Waals surface area contributed by atoms with Gasteiger partial charge in [0.05, 0.1) is 6.54 Å². The molecular weight excluding hydrogens is 170 g/mol. The highest BCUT2D eigenvalue weighted by molar-refractivity contribution is 5.08. The highest BCUT2D eigenvalue weighted by Gasteiger charge is 2.19. The molecule has 1 heterocycles. The normalized spacial score (nSPS) is 23.3. The van der Waals surface area contributed by atoms with Crippen molar-refractivity contribution in [3.05, 3.63) is 0 Å². The second kappa shape index (κ2) is 4.84. The molecule has 0 aromatic rings. The summed E-state index contributed by atoms with van der Waals surface area (Å²) in [5.41, 5.74) is 0.157. The molecule has 1 aliphatic rings. The molecule has 0 N–H and O–H groups in total. The first-order valence-corrected chi connectivity index (χ1v) is 5.73. The maximum absolute atomic E-state index is 3.29. The molecule has 0 amide bonds. The van der Waals surface area contributed by atoms with E-state index >= 15 is 0 Å². The van der Waals surface area contributed by atoms with Gasteiger partial charge in [0.1, 0.15) is 0 Å². The van der Waals surface area contributed by atoms with Gasteiger partial charge in [0, 0.05) is 12.0 Å². The fourth-order valence-electron chi connectivity index (χ4n) is 1.81. The standard InChI is InChI=1S/C13H23N/c1-5-12-7-10-14(11-12)9-6-8-13(2,3)4/h12H,5,7,9-11H2,1-4H3. The van der Waals surface area contributed by atoms with Crippen LogP contribution in [-0.2, 0) is 0 Å². The number of likely N-dealkylation sites (tertiary alicyclic amines) is 1. The lowest BCUT2D eigenvalue weighted by molar-refractivity contribution is 0.361. The fraction of sp³-hybridized carbons (Fsp3) is 0.846. The van der Waals surface area contributed by atoms with Crippen molar-refractivity contribution in [2.75, 3.05) is 19.6 Å². The van der Waals surface area contributed by atoms with Gasteiger partial charge in [-0.15, -0.1) is 0 Å². The monoisotopic (exact) mass is 193 g/mol. The summed E-state index contributed by atoms with van der Waals surface area (Å²) in [4.78, 5) is 2.48. The number of nitrogens with zero attached hydrogens (tertiary/aromatic N) is 1. The van der Waals surface area contributed by atoms with Crippen molar-refractivity contribution < 1.29 is 0 Å². The van der Waals surface area contributed by atoms with Crippen LogP contribution in [0.3, 0.4) is 0 Å². The molecule has 0 aromatic heterocycles. The molecule has 1 fully saturated rings. The summed E-state index contributed by atoms with van der Waals surface area (Å²) in [6.45, 7) is 12.3. The SMILES string of the molecule is CCC1CCN(CC#CC(C)(C)C)C1. The molecular formula is C13H23N. The largest absolute Gasteiger partial charge is 0.292 e. The number of rotatable bonds is 2. The molecule has 1 saturated heterocycles. The van der Waals surface area contributed by atoms with Crippen molar-refractivity contribution in [2.24, 2.45) is 11.3 Å². The Morgan fingerprint density at radius 1 is 1.36 bits per heavy atom. The maximum Gasteiger partial charge on any atom is 0.0601 e. The van der Waals surface area contributed by atoms with Gasteiger partial charge in [-0.2, -0.15) is 0 Å². The minimum Gasteiger partial charge on any atom is -0.292 e. The minimum atomic E-state index is 0.157. The van der Waals surface area contributed by atoms with Crippen LogP contribution in [0.4, 0.5) is 0 Å². The molecule has 1 atom stereocenters. The van der Waals surface area contributed by atoms with Gasteiger partial charge in [-0.25, -0.2) is 0 Å². The zero-order chi connectivity index (χ0) is 10.6. The summed E-state index contributed by atoms with van der Waals surface area (Å²) in [6.07, 6.45) is 2.69. The van der Waals surface area contributed by atoms with Crippen LogP contribution in [0, 0.1) is 23.2 Å². The Labute approximate surface area is 88.9 Å². The highest BCUT2D eigenvalue weighted by Crippen LogP contribution is 2.18. The Bertz CT molecular complexity index is 226. The topological polar surface area (TPSA) is 3.24 Å². The van der Waals surface area contributed by atoms with Crippen LogP contribution in [-0.4, -0.2) is 24.5 Å². The highest BCUT2D eigenvalue weighted by atomic mass is 15.1. The van der Waals surface area contributed by atoms with E-state index in [4.69, 9.17) is 0 Å². The lowest BCUT2D eigenvalue weighted by Gasteiger charge is -2.12. The van der Waals surface area contributed by atoms with Gasteiger partial charge < -0.3 is 0 Å². The van der Waals surface area contributed by atoms with E-state index in [0.717, 1.165) is 12.5 Å². The Morgan fingerprint density at radius 2 is 2.07 bits per heavy atom. The van der Waals surface area contributed by atoms with Crippen molar-refractivity contribution in [1.82, 2.24) is 4.90 Å². The van der Waals surface area contributed by atoms with E-state index in [9.17, 15) is 0 Å². The molecule has 1 nitrogen and oxygen atoms in total. The Hall–Kier alpha value is -0.480. The van der Waals surface area contributed by atoms with Crippen LogP contribution in [0.25, 0.3) is 0 Å². The first kappa shape index (κ1) is 11.6. The van der Waals surface area contributed by atoms with E-state index < -0.39 is 0 Å². The van der Waals surface area contributed by atoms with Gasteiger partial charge in [-0.1, -0.05) is 25.2 Å². The van der Waals surface area contributed by atoms with Gasteiger partial charge in [-0.05, 0) is 39.7 Å². The van der Waals surface area contributed by atoms with Crippen LogP contribution in [0.2, 0.25) is 0 Å². The zero-order valence-electron chi connectivity index (χ0n) is 10.1. The minimum absolute atomic E-state index is 0.157. The molecule has 0 saturated carbocycles. The maximum atomic E-state index is 3.29. The van der Waals surface area contributed by atoms with Gasteiger partial charge in [0.15, 0.2) is 0 Å². The van der Waals surface area contributed by atoms with Crippen LogP contribution < -0.4 is 0 Å². The average Bonchev–Trinajstić information content (AvgIpc) is 2.50. The van der Waals surface area contributed by atoms with Crippen LogP contribution in [0.1, 0.15) is 40.5 Å². The summed E-state index contributed by atoms with van der Waals surface area (Å²) >= 11 is 0. The fourth-order valence-corrected chi connectivity index (χ4v) is 1.81. The van der Waals surface area contributed by atoms with Gasteiger partial charge in [0.2, 0.25) is 0 Å². The van der Waals surface area contributed by atoms with Gasteiger partial charge in [0.25, 0.3) is 0 Å². The molecule has 14 heavy (non-hydrogen) atoms. The van der Waals surface area contributed by atoms with Crippen molar-refractivity contribution >= 4 is 0 Å². The molecule has 0 bridgehead atoms. The average molecular weight is 193 g/mol. The summed E-state index contributed by atoms with van der Waals surface area (Å²) in [6, 6.07) is 0. The van der Waals surface area contributed by atoms with Gasteiger partial charge in [-0.3, -0.25) is 4.90 Å². The van der Waals surface area contributed by atoms with E-state index in [1.807, 2.05) is 0 Å². The van der Waals surface area contributed by atoms with E-state index in [1.165, 1.54) is 25.9 Å². The lowest BCUT2D eigenvalue weighted by atomic mass is 9.98. The molecule has 1 heteroatoms. The molecule has 1 aliphatic heterocycles. The summed E-state index contributed by atoms with van der Waals surface area (Å²) in [5, 5.41) is 0. The molecule has 1 unspecified atom stereocenters. The first-order chi connectivity index (χ1) is 6.51. The lowest BCUT2D eigenvalue weighted by Crippen LogP contribution is -2.21. The van der Waals surface area contributed by atoms with E-state index in [2.05, 4.69) is 44.4 Å². The van der Waals surface area contributed by atoms with Crippen molar-refractivity contribution in [3.8, 4) is 11.8 Å². The van der Waals surface area contributed by atoms with Crippen LogP contribution in [0.5, 0.6) is 0 Å². The number of hydrogen-bond acceptors (Lipinski definition) is 1. The Kier molecular flexibility index (Phi) is 4.01. The third-order valence-electron chi connectivity index (χ3n) is 2.71. The van der Waals surface area contributed by atoms with E-state index in [1.54, 1.807) is 0 Å². The first-order valence-electron chi connectivity index (χ1n) is 5.73. The molecule has 0 radical (unpaired) electrons. The van der Waals surface area contributed by atoms with E-state index in [-0.39, 0.29) is 5.41 Å². The zero-order valence-corrected chi connectivity index (χ0v) is 10.1. The van der Waals surface area contributed by atoms with Crippen LogP contribution >= 0.6 is 0 Å². The third kappa shape index (κ3) is 4.15. The predicted octanol–water partition coefficient (Wildman–Crippen LogP) is 2.77. The third-order valence-corrected chi connectivity index (χ3v) is 2.71. The molecule has 0 aliphatic carbocycles. The Morgan fingerprint density at radius 3 is 2.57 bits per heavy atom. The Balaban J connectivity index is 2.29. The summed E-state index contributed by atoms with van der Waals surface area (Å²) in [7, 11) is 0. The second-order valence-corrected chi connectivity index (χ2v) is 5.35. The van der Waals surface area contributed by atoms with Crippen LogP contribution in [0.15, 0.2) is 0 Å². The van der Waals surface area contributed by atoms with Gasteiger partial charge >= 0.3 is 0 Å². The molecule has 0 spiro atoms. The number of hydrogen-bond donors (Lipinski definition) is 0. The summed E-state index contributed by atoms with van der Waals surface area (Å²) < 4.78 is 0. The van der Waals surface area contributed by atoms with E-state index in [0.29, 0.717) is 0 Å². The van der Waals surface area contributed by atoms with Crippen molar-refractivity contribution in [2.45, 2.75) is 40.5 Å². The quantitative estimate of drug-likeness (QED) is 0.610. The second-order valence-electron chi connectivity index (χ2n) is 5.35. The smallest absolute Gasteiger partial charge is 0.0601 e. The molecule has 0 aromatic carbocycles. The molecule has 80 valence electrons. The van der Waals surface area contributed by atoms with Crippen molar-refractivity contribution in [1.29, 1.82) is 0 Å². The molecule has 1 rings (SSSR count).